The molecule has 1 heterocycles. The average molecular weight is 361 g/mol. The van der Waals surface area contributed by atoms with Crippen molar-refractivity contribution < 1.29 is 27.0 Å². The quantitative estimate of drug-likeness (QED) is 0.401. The molecule has 2 aromatic rings. The van der Waals surface area contributed by atoms with E-state index < -0.39 is 22.3 Å². The molecule has 0 fully saturated rings. The van der Waals surface area contributed by atoms with Gasteiger partial charge in [0.05, 0.1) is 18.5 Å². The molecule has 1 aromatic carbocycles. The minimum Gasteiger partial charge on any atom is -0.282 e. The second-order valence-corrected chi connectivity index (χ2v) is 6.54. The lowest BCUT2D eigenvalue weighted by Gasteiger charge is -2.17. The van der Waals surface area contributed by atoms with Gasteiger partial charge in [-0.05, 0) is 17.3 Å². The normalized spacial score (nSPS) is 11.7. The van der Waals surface area contributed by atoms with Crippen LogP contribution >= 0.6 is 0 Å². The highest BCUT2D eigenvalue weighted by molar-refractivity contribution is 7.88. The molecule has 0 spiro atoms. The van der Waals surface area contributed by atoms with Gasteiger partial charge >= 0.3 is 0 Å². The summed E-state index contributed by atoms with van der Waals surface area (Å²) in [5.41, 5.74) is -0.718. The monoisotopic (exact) mass is 361 g/mol. The smallest absolute Gasteiger partial charge is 0.263 e. The van der Waals surface area contributed by atoms with Crippen LogP contribution in [-0.2, 0) is 16.6 Å². The number of aromatic nitrogens is 2. The Morgan fingerprint density at radius 1 is 1.46 bits per heavy atom. The summed E-state index contributed by atoms with van der Waals surface area (Å²) < 4.78 is 54.2. The molecule has 1 aromatic heterocycles. The van der Waals surface area contributed by atoms with Crippen molar-refractivity contribution in [2.45, 2.75) is 13.0 Å². The highest BCUT2D eigenvalue weighted by atomic mass is 32.2. The Morgan fingerprint density at radius 2 is 2.17 bits per heavy atom. The number of nitrogens with zero attached hydrogens (tertiary/aromatic N) is 3. The fourth-order valence-electron chi connectivity index (χ4n) is 1.72. The van der Waals surface area contributed by atoms with Gasteiger partial charge in [-0.15, -0.1) is 0 Å². The van der Waals surface area contributed by atoms with E-state index in [4.69, 9.17) is 5.41 Å². The number of sulfonamides is 1. The Balaban J connectivity index is 2.23. The lowest BCUT2D eigenvalue weighted by molar-refractivity contribution is 0.151. The van der Waals surface area contributed by atoms with Gasteiger partial charge in [-0.2, -0.15) is 0 Å². The van der Waals surface area contributed by atoms with E-state index >= 15 is 0 Å². The third-order valence-corrected chi connectivity index (χ3v) is 3.53. The summed E-state index contributed by atoms with van der Waals surface area (Å²) in [6, 6.07) is 4.77. The van der Waals surface area contributed by atoms with E-state index in [1.54, 1.807) is 0 Å². The van der Waals surface area contributed by atoms with Crippen molar-refractivity contribution in [1.29, 1.82) is 5.41 Å². The SMILES string of the molecule is CS(=O)(=O)NCc1nonc1C(=N)N(O)c1cccc(C(F)F)c1. The van der Waals surface area contributed by atoms with E-state index in [0.717, 1.165) is 12.3 Å². The van der Waals surface area contributed by atoms with Crippen molar-refractivity contribution in [3.63, 3.8) is 0 Å². The molecule has 3 N–H and O–H groups in total. The zero-order valence-electron chi connectivity index (χ0n) is 12.3. The molecule has 0 atom stereocenters. The number of alkyl halides is 2. The predicted molar refractivity (Wildman–Crippen MR) is 78.5 cm³/mol. The molecule has 0 aliphatic carbocycles. The highest BCUT2D eigenvalue weighted by Gasteiger charge is 2.22. The third-order valence-electron chi connectivity index (χ3n) is 2.86. The summed E-state index contributed by atoms with van der Waals surface area (Å²) >= 11 is 0. The maximum Gasteiger partial charge on any atom is 0.263 e. The summed E-state index contributed by atoms with van der Waals surface area (Å²) in [6.45, 7) is -0.315. The fourth-order valence-corrected chi connectivity index (χ4v) is 2.12. The Morgan fingerprint density at radius 3 is 2.79 bits per heavy atom. The van der Waals surface area contributed by atoms with Gasteiger partial charge in [0.1, 0.15) is 5.69 Å². The zero-order valence-corrected chi connectivity index (χ0v) is 13.1. The number of halogens is 2. The lowest BCUT2D eigenvalue weighted by atomic mass is 10.2. The van der Waals surface area contributed by atoms with Crippen LogP contribution < -0.4 is 9.79 Å². The first-order chi connectivity index (χ1) is 11.2. The summed E-state index contributed by atoms with van der Waals surface area (Å²) in [4.78, 5) is 0. The minimum absolute atomic E-state index is 0.0468. The number of benzene rings is 1. The first-order valence-electron chi connectivity index (χ1n) is 6.41. The molecule has 0 aliphatic heterocycles. The van der Waals surface area contributed by atoms with Crippen molar-refractivity contribution in [3.05, 3.63) is 41.2 Å². The number of nitrogens with one attached hydrogen (secondary N) is 2. The van der Waals surface area contributed by atoms with Crippen LogP contribution in [0.1, 0.15) is 23.4 Å². The standard InChI is InChI=1S/C12H13F2N5O4S/c1-24(21,22)16-6-9-10(18-23-17-9)12(15)19(20)8-4-2-3-7(5-8)11(13)14/h2-5,11,15-16,20H,6H2,1H3. The molecule has 130 valence electrons. The summed E-state index contributed by atoms with van der Waals surface area (Å²) in [7, 11) is -3.52. The highest BCUT2D eigenvalue weighted by Crippen LogP contribution is 2.24. The van der Waals surface area contributed by atoms with Gasteiger partial charge in [-0.25, -0.2) is 31.6 Å². The molecule has 0 unspecified atom stereocenters. The molecule has 0 radical (unpaired) electrons. The van der Waals surface area contributed by atoms with Gasteiger partial charge < -0.3 is 0 Å². The van der Waals surface area contributed by atoms with Gasteiger partial charge in [-0.1, -0.05) is 17.3 Å². The van der Waals surface area contributed by atoms with Gasteiger partial charge in [0.15, 0.2) is 11.5 Å². The summed E-state index contributed by atoms with van der Waals surface area (Å²) in [5.74, 6) is -0.618. The second kappa shape index (κ2) is 6.98. The van der Waals surface area contributed by atoms with Crippen LogP contribution in [0.25, 0.3) is 0 Å². The Kier molecular flexibility index (Phi) is 5.21. The van der Waals surface area contributed by atoms with Crippen molar-refractivity contribution in [2.75, 3.05) is 11.3 Å². The van der Waals surface area contributed by atoms with Crippen LogP contribution in [-0.4, -0.2) is 36.0 Å². The molecule has 0 bridgehead atoms. The van der Waals surface area contributed by atoms with E-state index in [1.165, 1.54) is 18.2 Å². The molecule has 0 saturated carbocycles. The predicted octanol–water partition coefficient (Wildman–Crippen LogP) is 1.28. The number of hydroxylamine groups is 1. The molecule has 24 heavy (non-hydrogen) atoms. The lowest BCUT2D eigenvalue weighted by Crippen LogP contribution is -2.30. The van der Waals surface area contributed by atoms with Crippen LogP contribution in [0.5, 0.6) is 0 Å². The Hall–Kier alpha value is -2.44. The topological polar surface area (TPSA) is 132 Å². The Bertz CT molecular complexity index is 839. The molecule has 9 nitrogen and oxygen atoms in total. The van der Waals surface area contributed by atoms with Crippen LogP contribution in [0.3, 0.4) is 0 Å². The molecule has 12 heteroatoms. The molecular formula is C12H13F2N5O4S. The van der Waals surface area contributed by atoms with E-state index in [1.807, 2.05) is 0 Å². The Labute approximate surface area is 135 Å². The van der Waals surface area contributed by atoms with Crippen molar-refractivity contribution in [2.24, 2.45) is 0 Å². The van der Waals surface area contributed by atoms with Crippen LogP contribution in [0.2, 0.25) is 0 Å². The first-order valence-corrected chi connectivity index (χ1v) is 8.30. The summed E-state index contributed by atoms with van der Waals surface area (Å²) in [5, 5.41) is 25.1. The van der Waals surface area contributed by atoms with Crippen molar-refractivity contribution in [1.82, 2.24) is 15.0 Å². The van der Waals surface area contributed by atoms with E-state index in [-0.39, 0.29) is 29.2 Å². The average Bonchev–Trinajstić information content (AvgIpc) is 2.99. The molecule has 2 rings (SSSR count). The third kappa shape index (κ3) is 4.31. The van der Waals surface area contributed by atoms with Gasteiger partial charge in [0.25, 0.3) is 6.43 Å². The number of anilines is 1. The number of hydrogen-bond acceptors (Lipinski definition) is 7. The largest absolute Gasteiger partial charge is 0.282 e. The fraction of sp³-hybridized carbons (Fsp3) is 0.250. The first kappa shape index (κ1) is 17.9. The van der Waals surface area contributed by atoms with E-state index in [0.29, 0.717) is 5.06 Å². The van der Waals surface area contributed by atoms with Crippen LogP contribution in [0, 0.1) is 5.41 Å². The molecule has 0 saturated heterocycles. The summed E-state index contributed by atoms with van der Waals surface area (Å²) in [6.07, 6.45) is -1.81. The van der Waals surface area contributed by atoms with Crippen LogP contribution in [0.4, 0.5) is 14.5 Å². The molecule has 0 amide bonds. The number of hydrogen-bond donors (Lipinski definition) is 3. The molecule has 0 aliphatic rings. The molecular weight excluding hydrogens is 348 g/mol. The number of rotatable bonds is 6. The second-order valence-electron chi connectivity index (χ2n) is 4.71. The maximum atomic E-state index is 12.7. The zero-order chi connectivity index (χ0) is 17.9. The van der Waals surface area contributed by atoms with Gasteiger partial charge in [0, 0.05) is 5.56 Å². The van der Waals surface area contributed by atoms with Crippen molar-refractivity contribution >= 4 is 21.5 Å². The number of amidine groups is 1. The van der Waals surface area contributed by atoms with E-state index in [9.17, 15) is 22.4 Å². The minimum atomic E-state index is -3.52. The van der Waals surface area contributed by atoms with E-state index in [2.05, 4.69) is 19.7 Å². The van der Waals surface area contributed by atoms with Crippen molar-refractivity contribution in [3.8, 4) is 0 Å². The van der Waals surface area contributed by atoms with Gasteiger partial charge in [0.2, 0.25) is 10.0 Å². The van der Waals surface area contributed by atoms with Crippen LogP contribution in [0.15, 0.2) is 28.9 Å². The van der Waals surface area contributed by atoms with Gasteiger partial charge in [-0.3, -0.25) is 10.6 Å². The maximum absolute atomic E-state index is 12.7.